The number of hydrogen-bond donors (Lipinski definition) is 1. The molecule has 0 radical (unpaired) electrons. The molecule has 1 N–H and O–H groups in total. The molecule has 2 heterocycles. The van der Waals surface area contributed by atoms with Crippen LogP contribution in [0.25, 0.3) is 10.9 Å². The second-order valence-electron chi connectivity index (χ2n) is 7.64. The summed E-state index contributed by atoms with van der Waals surface area (Å²) in [4.78, 5) is 22.4. The Labute approximate surface area is 155 Å². The number of pyridine rings is 1. The Hall–Kier alpha value is -1.98. The maximum atomic E-state index is 12.8. The minimum Gasteiger partial charge on any atom is -0.352 e. The number of fused-ring (bicyclic) bond motifs is 1. The number of para-hydroxylation sites is 1. The summed E-state index contributed by atoms with van der Waals surface area (Å²) in [5, 5.41) is 4.07. The summed E-state index contributed by atoms with van der Waals surface area (Å²) < 4.78 is 0. The first-order chi connectivity index (χ1) is 12.7. The van der Waals surface area contributed by atoms with E-state index in [0.717, 1.165) is 67.8 Å². The fourth-order valence-electron chi connectivity index (χ4n) is 3.64. The number of hydrogen-bond acceptors (Lipinski definition) is 4. The first kappa shape index (κ1) is 17.4. The van der Waals surface area contributed by atoms with Crippen molar-refractivity contribution in [2.75, 3.05) is 46.3 Å². The van der Waals surface area contributed by atoms with E-state index in [1.807, 2.05) is 30.3 Å². The number of rotatable bonds is 6. The van der Waals surface area contributed by atoms with Crippen molar-refractivity contribution in [3.05, 3.63) is 41.6 Å². The van der Waals surface area contributed by atoms with Crippen LogP contribution in [0.2, 0.25) is 0 Å². The molecule has 1 aliphatic carbocycles. The van der Waals surface area contributed by atoms with E-state index in [-0.39, 0.29) is 5.91 Å². The van der Waals surface area contributed by atoms with E-state index in [2.05, 4.69) is 22.2 Å². The molecule has 138 valence electrons. The van der Waals surface area contributed by atoms with Gasteiger partial charge < -0.3 is 15.1 Å². The highest BCUT2D eigenvalue weighted by molar-refractivity contribution is 6.06. The summed E-state index contributed by atoms with van der Waals surface area (Å²) in [6.45, 7) is 6.31. The number of aromatic nitrogens is 1. The zero-order valence-electron chi connectivity index (χ0n) is 15.6. The molecule has 26 heavy (non-hydrogen) atoms. The van der Waals surface area contributed by atoms with E-state index in [4.69, 9.17) is 4.98 Å². The topological polar surface area (TPSA) is 48.5 Å². The van der Waals surface area contributed by atoms with E-state index < -0.39 is 0 Å². The molecular weight excluding hydrogens is 324 g/mol. The number of likely N-dealkylation sites (N-methyl/N-ethyl adjacent to an activating group) is 1. The predicted octanol–water partition coefficient (Wildman–Crippen LogP) is 2.48. The molecule has 0 spiro atoms. The van der Waals surface area contributed by atoms with Gasteiger partial charge in [-0.2, -0.15) is 0 Å². The Kier molecular flexibility index (Phi) is 5.18. The first-order valence-electron chi connectivity index (χ1n) is 9.79. The van der Waals surface area contributed by atoms with Crippen LogP contribution in [-0.4, -0.2) is 67.0 Å². The van der Waals surface area contributed by atoms with Gasteiger partial charge in [-0.3, -0.25) is 9.78 Å². The van der Waals surface area contributed by atoms with Gasteiger partial charge in [0.25, 0.3) is 5.91 Å². The van der Waals surface area contributed by atoms with Crippen molar-refractivity contribution in [3.8, 4) is 0 Å². The lowest BCUT2D eigenvalue weighted by Crippen LogP contribution is -2.45. The van der Waals surface area contributed by atoms with Gasteiger partial charge in [-0.1, -0.05) is 18.2 Å². The van der Waals surface area contributed by atoms with Crippen LogP contribution in [0.3, 0.4) is 0 Å². The SMILES string of the molecule is CN1CCN(CCCNC(=O)c2cc(C3CC3)nc3ccccc23)CC1. The van der Waals surface area contributed by atoms with Crippen LogP contribution in [0.1, 0.15) is 41.2 Å². The molecule has 1 aromatic carbocycles. The fraction of sp³-hybridized carbons (Fsp3) is 0.524. The van der Waals surface area contributed by atoms with Crippen molar-refractivity contribution in [3.63, 3.8) is 0 Å². The minimum absolute atomic E-state index is 0.0314. The molecule has 0 atom stereocenters. The standard InChI is InChI=1S/C21H28N4O/c1-24-11-13-25(14-12-24)10-4-9-22-21(26)18-15-20(16-7-8-16)23-19-6-3-2-5-17(18)19/h2-3,5-6,15-16H,4,7-14H2,1H3,(H,22,26). The Morgan fingerprint density at radius 1 is 1.19 bits per heavy atom. The summed E-state index contributed by atoms with van der Waals surface area (Å²) >= 11 is 0. The Bertz CT molecular complexity index is 779. The number of nitrogens with one attached hydrogen (secondary N) is 1. The molecule has 1 amide bonds. The van der Waals surface area contributed by atoms with Gasteiger partial charge in [0.15, 0.2) is 0 Å². The quantitative estimate of drug-likeness (QED) is 0.812. The van der Waals surface area contributed by atoms with Crippen molar-refractivity contribution >= 4 is 16.8 Å². The minimum atomic E-state index is 0.0314. The number of carbonyl (C=O) groups excluding carboxylic acids is 1. The zero-order chi connectivity index (χ0) is 17.9. The van der Waals surface area contributed by atoms with Gasteiger partial charge in [0.05, 0.1) is 11.1 Å². The third kappa shape index (κ3) is 4.05. The van der Waals surface area contributed by atoms with Crippen LogP contribution >= 0.6 is 0 Å². The lowest BCUT2D eigenvalue weighted by Gasteiger charge is -2.32. The van der Waals surface area contributed by atoms with E-state index >= 15 is 0 Å². The average molecular weight is 352 g/mol. The smallest absolute Gasteiger partial charge is 0.252 e. The molecule has 5 nitrogen and oxygen atoms in total. The molecule has 2 aromatic rings. The third-order valence-corrected chi connectivity index (χ3v) is 5.51. The van der Waals surface area contributed by atoms with Crippen molar-refractivity contribution in [1.29, 1.82) is 0 Å². The van der Waals surface area contributed by atoms with Crippen LogP contribution in [0.15, 0.2) is 30.3 Å². The number of piperazine rings is 1. The monoisotopic (exact) mass is 352 g/mol. The summed E-state index contributed by atoms with van der Waals surface area (Å²) in [6, 6.07) is 9.98. The molecule has 1 saturated heterocycles. The van der Waals surface area contributed by atoms with Gasteiger partial charge in [0.1, 0.15) is 0 Å². The predicted molar refractivity (Wildman–Crippen MR) is 105 cm³/mol. The molecule has 1 saturated carbocycles. The van der Waals surface area contributed by atoms with E-state index in [9.17, 15) is 4.79 Å². The van der Waals surface area contributed by atoms with Crippen LogP contribution < -0.4 is 5.32 Å². The molecule has 0 bridgehead atoms. The van der Waals surface area contributed by atoms with E-state index in [1.54, 1.807) is 0 Å². The molecular formula is C21H28N4O. The second kappa shape index (κ2) is 7.72. The van der Waals surface area contributed by atoms with Crippen LogP contribution in [0, 0.1) is 0 Å². The molecule has 2 fully saturated rings. The Balaban J connectivity index is 1.37. The van der Waals surface area contributed by atoms with Crippen LogP contribution in [0.4, 0.5) is 0 Å². The van der Waals surface area contributed by atoms with Crippen molar-refractivity contribution in [2.45, 2.75) is 25.2 Å². The maximum absolute atomic E-state index is 12.8. The first-order valence-corrected chi connectivity index (χ1v) is 9.79. The van der Waals surface area contributed by atoms with Gasteiger partial charge >= 0.3 is 0 Å². The normalized spacial score (nSPS) is 19.0. The molecule has 0 unspecified atom stereocenters. The van der Waals surface area contributed by atoms with Crippen molar-refractivity contribution in [2.24, 2.45) is 0 Å². The van der Waals surface area contributed by atoms with Crippen molar-refractivity contribution < 1.29 is 4.79 Å². The average Bonchev–Trinajstić information content (AvgIpc) is 3.51. The molecule has 1 aromatic heterocycles. The number of amides is 1. The largest absolute Gasteiger partial charge is 0.352 e. The molecule has 5 heteroatoms. The van der Waals surface area contributed by atoms with Crippen LogP contribution in [0.5, 0.6) is 0 Å². The highest BCUT2D eigenvalue weighted by Gasteiger charge is 2.26. The van der Waals surface area contributed by atoms with Crippen molar-refractivity contribution in [1.82, 2.24) is 20.1 Å². The summed E-state index contributed by atoms with van der Waals surface area (Å²) in [7, 11) is 2.17. The second-order valence-corrected chi connectivity index (χ2v) is 7.64. The molecule has 1 aliphatic heterocycles. The highest BCUT2D eigenvalue weighted by Crippen LogP contribution is 2.40. The van der Waals surface area contributed by atoms with E-state index in [0.29, 0.717) is 5.92 Å². The summed E-state index contributed by atoms with van der Waals surface area (Å²) in [5.41, 5.74) is 2.78. The lowest BCUT2D eigenvalue weighted by molar-refractivity contribution is 0.0951. The fourth-order valence-corrected chi connectivity index (χ4v) is 3.64. The summed E-state index contributed by atoms with van der Waals surface area (Å²) in [6.07, 6.45) is 3.38. The van der Waals surface area contributed by atoms with Crippen LogP contribution in [-0.2, 0) is 0 Å². The molecule has 4 rings (SSSR count). The number of benzene rings is 1. The number of carbonyl (C=O) groups is 1. The Morgan fingerprint density at radius 2 is 1.96 bits per heavy atom. The molecule has 2 aliphatic rings. The Morgan fingerprint density at radius 3 is 2.73 bits per heavy atom. The zero-order valence-corrected chi connectivity index (χ0v) is 15.6. The van der Waals surface area contributed by atoms with Gasteiger partial charge in [-0.25, -0.2) is 0 Å². The summed E-state index contributed by atoms with van der Waals surface area (Å²) in [5.74, 6) is 0.576. The third-order valence-electron chi connectivity index (χ3n) is 5.51. The number of nitrogens with zero attached hydrogens (tertiary/aromatic N) is 3. The maximum Gasteiger partial charge on any atom is 0.252 e. The van der Waals surface area contributed by atoms with Gasteiger partial charge in [0, 0.05) is 49.7 Å². The van der Waals surface area contributed by atoms with E-state index in [1.165, 1.54) is 12.8 Å². The van der Waals surface area contributed by atoms with Gasteiger partial charge in [-0.15, -0.1) is 0 Å². The lowest BCUT2D eigenvalue weighted by atomic mass is 10.1. The van der Waals surface area contributed by atoms with Gasteiger partial charge in [0.2, 0.25) is 0 Å². The highest BCUT2D eigenvalue weighted by atomic mass is 16.1. The van der Waals surface area contributed by atoms with Gasteiger partial charge in [-0.05, 0) is 45.0 Å².